The van der Waals surface area contributed by atoms with Gasteiger partial charge in [0.25, 0.3) is 5.91 Å². The summed E-state index contributed by atoms with van der Waals surface area (Å²) in [5.74, 6) is -0.134. The zero-order valence-corrected chi connectivity index (χ0v) is 16.1. The molecule has 4 rings (SSSR count). The third kappa shape index (κ3) is 3.59. The van der Waals surface area contributed by atoms with Gasteiger partial charge in [0.05, 0.1) is 0 Å². The molecule has 4 aromatic rings. The second-order valence-electron chi connectivity index (χ2n) is 7.33. The molecule has 0 fully saturated rings. The summed E-state index contributed by atoms with van der Waals surface area (Å²) in [5.41, 5.74) is 3.54. The zero-order chi connectivity index (χ0) is 19.0. The van der Waals surface area contributed by atoms with E-state index in [1.165, 1.54) is 16.9 Å². The van der Waals surface area contributed by atoms with Crippen LogP contribution in [0.2, 0.25) is 0 Å². The van der Waals surface area contributed by atoms with E-state index in [1.54, 1.807) is 10.8 Å². The Morgan fingerprint density at radius 1 is 1.11 bits per heavy atom. The summed E-state index contributed by atoms with van der Waals surface area (Å²) >= 11 is 1.45. The molecule has 1 N–H and O–H groups in total. The van der Waals surface area contributed by atoms with Crippen molar-refractivity contribution in [3.8, 4) is 10.6 Å². The molecular formula is C20H19N5OS. The highest BCUT2D eigenvalue weighted by molar-refractivity contribution is 7.19. The van der Waals surface area contributed by atoms with Crippen molar-refractivity contribution in [1.82, 2.24) is 19.8 Å². The van der Waals surface area contributed by atoms with Gasteiger partial charge in [0, 0.05) is 16.8 Å². The van der Waals surface area contributed by atoms with Gasteiger partial charge in [-0.25, -0.2) is 0 Å². The third-order valence-electron chi connectivity index (χ3n) is 4.27. The van der Waals surface area contributed by atoms with Crippen LogP contribution in [0.25, 0.3) is 15.5 Å². The van der Waals surface area contributed by atoms with Gasteiger partial charge in [-0.1, -0.05) is 56.4 Å². The highest BCUT2D eigenvalue weighted by Gasteiger charge is 2.15. The van der Waals surface area contributed by atoms with Crippen LogP contribution in [0, 0.1) is 0 Å². The van der Waals surface area contributed by atoms with Gasteiger partial charge in [-0.3, -0.25) is 4.79 Å². The smallest absolute Gasteiger partial charge is 0.255 e. The summed E-state index contributed by atoms with van der Waals surface area (Å²) < 4.78 is 1.64. The van der Waals surface area contributed by atoms with Gasteiger partial charge in [0.15, 0.2) is 0 Å². The lowest BCUT2D eigenvalue weighted by Gasteiger charge is -2.19. The fourth-order valence-corrected chi connectivity index (χ4v) is 3.55. The molecule has 0 unspecified atom stereocenters. The average molecular weight is 377 g/mol. The highest BCUT2D eigenvalue weighted by Crippen LogP contribution is 2.27. The van der Waals surface area contributed by atoms with Crippen LogP contribution in [0.3, 0.4) is 0 Å². The van der Waals surface area contributed by atoms with Crippen LogP contribution in [-0.2, 0) is 5.41 Å². The Hall–Kier alpha value is -3.06. The molecule has 7 heteroatoms. The molecule has 1 amide bonds. The highest BCUT2D eigenvalue weighted by atomic mass is 32.1. The van der Waals surface area contributed by atoms with E-state index in [9.17, 15) is 4.79 Å². The Balaban J connectivity index is 1.54. The quantitative estimate of drug-likeness (QED) is 0.574. The molecule has 0 saturated heterocycles. The topological polar surface area (TPSA) is 72.2 Å². The monoisotopic (exact) mass is 377 g/mol. The Bertz CT molecular complexity index is 1080. The molecule has 0 aliphatic rings. The van der Waals surface area contributed by atoms with E-state index in [2.05, 4.69) is 41.4 Å². The number of carbonyl (C=O) groups excluding carboxylic acids is 1. The minimum atomic E-state index is -0.134. The molecule has 2 aromatic heterocycles. The van der Waals surface area contributed by atoms with Crippen LogP contribution in [0.1, 0.15) is 36.7 Å². The van der Waals surface area contributed by atoms with E-state index in [0.29, 0.717) is 5.56 Å². The number of anilines is 1. The fourth-order valence-electron chi connectivity index (χ4n) is 2.73. The lowest BCUT2D eigenvalue weighted by atomic mass is 9.87. The Labute approximate surface area is 160 Å². The van der Waals surface area contributed by atoms with Gasteiger partial charge in [-0.15, -0.1) is 10.2 Å². The summed E-state index contributed by atoms with van der Waals surface area (Å²) in [5, 5.41) is 16.0. The van der Waals surface area contributed by atoms with E-state index in [-0.39, 0.29) is 11.3 Å². The van der Waals surface area contributed by atoms with E-state index < -0.39 is 0 Å². The molecule has 136 valence electrons. The van der Waals surface area contributed by atoms with Gasteiger partial charge in [-0.2, -0.15) is 9.61 Å². The predicted octanol–water partition coefficient (Wildman–Crippen LogP) is 4.40. The average Bonchev–Trinajstić information content (AvgIpc) is 3.23. The van der Waals surface area contributed by atoms with Crippen LogP contribution >= 0.6 is 11.3 Å². The Morgan fingerprint density at radius 2 is 1.89 bits per heavy atom. The minimum Gasteiger partial charge on any atom is -0.322 e. The van der Waals surface area contributed by atoms with Crippen LogP contribution in [0.4, 0.5) is 5.69 Å². The molecule has 0 spiro atoms. The first-order valence-corrected chi connectivity index (χ1v) is 9.41. The lowest BCUT2D eigenvalue weighted by molar-refractivity contribution is 0.102. The molecule has 0 aliphatic carbocycles. The van der Waals surface area contributed by atoms with Crippen molar-refractivity contribution >= 4 is 27.9 Å². The molecule has 0 saturated carbocycles. The van der Waals surface area contributed by atoms with Crippen molar-refractivity contribution in [3.05, 3.63) is 66.0 Å². The van der Waals surface area contributed by atoms with E-state index in [4.69, 9.17) is 0 Å². The van der Waals surface area contributed by atoms with Crippen LogP contribution < -0.4 is 5.32 Å². The molecule has 6 nitrogen and oxygen atoms in total. The standard InChI is InChI=1S/C20H19N5OS/c1-20(2,3)15-9-7-13(8-10-15)17(26)22-16-6-4-5-14(11-16)18-24-25-12-21-23-19(25)27-18/h4-12H,1-3H3,(H,22,26). The molecule has 27 heavy (non-hydrogen) atoms. The van der Waals surface area contributed by atoms with Crippen molar-refractivity contribution in [2.45, 2.75) is 26.2 Å². The number of rotatable bonds is 3. The van der Waals surface area contributed by atoms with Crippen LogP contribution in [-0.4, -0.2) is 25.7 Å². The molecule has 0 atom stereocenters. The summed E-state index contributed by atoms with van der Waals surface area (Å²) in [4.78, 5) is 13.3. The lowest BCUT2D eigenvalue weighted by Crippen LogP contribution is -2.14. The number of benzene rings is 2. The number of aromatic nitrogens is 4. The first-order chi connectivity index (χ1) is 12.9. The van der Waals surface area contributed by atoms with Gasteiger partial charge < -0.3 is 5.32 Å². The molecular weight excluding hydrogens is 358 g/mol. The van der Waals surface area contributed by atoms with E-state index >= 15 is 0 Å². The summed E-state index contributed by atoms with van der Waals surface area (Å²) in [6.45, 7) is 6.46. The van der Waals surface area contributed by atoms with E-state index in [1.807, 2.05) is 48.5 Å². The van der Waals surface area contributed by atoms with Crippen LogP contribution in [0.15, 0.2) is 54.9 Å². The number of fused-ring (bicyclic) bond motifs is 1. The van der Waals surface area contributed by atoms with Gasteiger partial charge >= 0.3 is 0 Å². The Kier molecular flexibility index (Phi) is 4.24. The SMILES string of the molecule is CC(C)(C)c1ccc(C(=O)Nc2cccc(-c3nn4cnnc4s3)c2)cc1. The van der Waals surface area contributed by atoms with E-state index in [0.717, 1.165) is 21.2 Å². The van der Waals surface area contributed by atoms with Gasteiger partial charge in [0.2, 0.25) is 4.96 Å². The van der Waals surface area contributed by atoms with Crippen molar-refractivity contribution in [3.63, 3.8) is 0 Å². The number of hydrogen-bond donors (Lipinski definition) is 1. The van der Waals surface area contributed by atoms with Gasteiger partial charge in [0.1, 0.15) is 11.3 Å². The first-order valence-electron chi connectivity index (χ1n) is 8.59. The largest absolute Gasteiger partial charge is 0.322 e. The number of amides is 1. The maximum Gasteiger partial charge on any atom is 0.255 e. The predicted molar refractivity (Wildman–Crippen MR) is 107 cm³/mol. The molecule has 0 bridgehead atoms. The molecule has 2 heterocycles. The summed E-state index contributed by atoms with van der Waals surface area (Å²) in [6, 6.07) is 15.4. The van der Waals surface area contributed by atoms with Crippen molar-refractivity contribution < 1.29 is 4.79 Å². The third-order valence-corrected chi connectivity index (χ3v) is 5.23. The van der Waals surface area contributed by atoms with Crippen molar-refractivity contribution in [2.75, 3.05) is 5.32 Å². The normalized spacial score (nSPS) is 11.7. The molecule has 0 radical (unpaired) electrons. The first kappa shape index (κ1) is 17.4. The second-order valence-corrected chi connectivity index (χ2v) is 8.28. The van der Waals surface area contributed by atoms with Gasteiger partial charge in [-0.05, 0) is 35.2 Å². The molecule has 2 aromatic carbocycles. The Morgan fingerprint density at radius 3 is 2.59 bits per heavy atom. The second kappa shape index (κ2) is 6.59. The maximum atomic E-state index is 12.6. The number of nitrogens with zero attached hydrogens (tertiary/aromatic N) is 4. The summed E-state index contributed by atoms with van der Waals surface area (Å²) in [6.07, 6.45) is 1.57. The van der Waals surface area contributed by atoms with Crippen LogP contribution in [0.5, 0.6) is 0 Å². The number of nitrogens with one attached hydrogen (secondary N) is 1. The fraction of sp³-hybridized carbons (Fsp3) is 0.200. The number of hydrogen-bond acceptors (Lipinski definition) is 5. The minimum absolute atomic E-state index is 0.0618. The number of carbonyl (C=O) groups is 1. The van der Waals surface area contributed by atoms with Crippen molar-refractivity contribution in [2.24, 2.45) is 0 Å². The molecule has 0 aliphatic heterocycles. The van der Waals surface area contributed by atoms with Crippen molar-refractivity contribution in [1.29, 1.82) is 0 Å². The maximum absolute atomic E-state index is 12.6. The summed E-state index contributed by atoms with van der Waals surface area (Å²) in [7, 11) is 0. The zero-order valence-electron chi connectivity index (χ0n) is 15.3.